The minimum Gasteiger partial charge on any atom is -0.341 e. The van der Waals surface area contributed by atoms with E-state index < -0.39 is 0 Å². The molecule has 2 aromatic heterocycles. The van der Waals surface area contributed by atoms with Crippen molar-refractivity contribution in [1.82, 2.24) is 14.5 Å². The fourth-order valence-corrected chi connectivity index (χ4v) is 2.08. The molecule has 0 saturated carbocycles. The molecule has 0 unspecified atom stereocenters. The Labute approximate surface area is 120 Å². The van der Waals surface area contributed by atoms with E-state index in [-0.39, 0.29) is 28.2 Å². The Morgan fingerprint density at radius 2 is 2.11 bits per heavy atom. The third-order valence-corrected chi connectivity index (χ3v) is 2.84. The van der Waals surface area contributed by atoms with Crippen molar-refractivity contribution in [2.45, 2.75) is 19.9 Å². The molecule has 1 N–H and O–H groups in total. The van der Waals surface area contributed by atoms with E-state index in [1.54, 1.807) is 6.07 Å². The maximum Gasteiger partial charge on any atom is 0.273 e. The first-order chi connectivity index (χ1) is 8.97. The Morgan fingerprint density at radius 1 is 1.37 bits per heavy atom. The number of aromatic nitrogens is 3. The average Bonchev–Trinajstić information content (AvgIpc) is 2.75. The van der Waals surface area contributed by atoms with Crippen LogP contribution in [-0.2, 0) is 0 Å². The van der Waals surface area contributed by atoms with E-state index >= 15 is 0 Å². The van der Waals surface area contributed by atoms with Crippen molar-refractivity contribution in [1.29, 1.82) is 0 Å². The molecule has 5 nitrogen and oxygen atoms in total. The van der Waals surface area contributed by atoms with Crippen LogP contribution in [0.3, 0.4) is 0 Å². The van der Waals surface area contributed by atoms with Crippen molar-refractivity contribution < 1.29 is 4.79 Å². The van der Waals surface area contributed by atoms with Crippen LogP contribution in [0.5, 0.6) is 0 Å². The van der Waals surface area contributed by atoms with E-state index in [0.29, 0.717) is 5.69 Å². The van der Waals surface area contributed by atoms with E-state index in [2.05, 4.69) is 15.3 Å². The summed E-state index contributed by atoms with van der Waals surface area (Å²) in [6.45, 7) is 3.99. The molecule has 0 aliphatic carbocycles. The summed E-state index contributed by atoms with van der Waals surface area (Å²) in [6.07, 6.45) is 1.85. The van der Waals surface area contributed by atoms with E-state index in [1.807, 2.05) is 30.7 Å². The lowest BCUT2D eigenvalue weighted by Gasteiger charge is -2.12. The number of carbonyl (C=O) groups excluding carboxylic acids is 1. The molecule has 2 aromatic rings. The van der Waals surface area contributed by atoms with Gasteiger partial charge in [-0.3, -0.25) is 4.79 Å². The number of hydrogen-bond acceptors (Lipinski definition) is 3. The maximum atomic E-state index is 12.1. The minimum absolute atomic E-state index is 0.0120. The first-order valence-electron chi connectivity index (χ1n) is 5.65. The molecule has 2 heterocycles. The molecule has 0 bridgehead atoms. The number of hydrogen-bond donors (Lipinski definition) is 1. The number of anilines is 1. The quantitative estimate of drug-likeness (QED) is 0.698. The first-order valence-corrected chi connectivity index (χ1v) is 6.41. The highest BCUT2D eigenvalue weighted by Gasteiger charge is 2.14. The standard InChI is InChI=1S/C12H12Cl2N4O/c1-7(2)18-5-3-4-8(18)11(19)16-10-6-9(13)15-12(14)17-10/h3-7H,1-2H3,(H,15,16,17,19). The van der Waals surface area contributed by atoms with Crippen molar-refractivity contribution in [3.63, 3.8) is 0 Å². The van der Waals surface area contributed by atoms with Gasteiger partial charge in [0.25, 0.3) is 5.91 Å². The summed E-state index contributed by atoms with van der Waals surface area (Å²) < 4.78 is 1.86. The van der Waals surface area contributed by atoms with Crippen LogP contribution in [0.25, 0.3) is 0 Å². The van der Waals surface area contributed by atoms with Crippen LogP contribution in [0.4, 0.5) is 5.82 Å². The molecule has 19 heavy (non-hydrogen) atoms. The zero-order valence-corrected chi connectivity index (χ0v) is 11.9. The molecule has 2 rings (SSSR count). The topological polar surface area (TPSA) is 59.8 Å². The molecule has 0 aromatic carbocycles. The maximum absolute atomic E-state index is 12.1. The summed E-state index contributed by atoms with van der Waals surface area (Å²) in [7, 11) is 0. The average molecular weight is 299 g/mol. The second kappa shape index (κ2) is 5.59. The number of nitrogens with one attached hydrogen (secondary N) is 1. The van der Waals surface area contributed by atoms with Gasteiger partial charge in [0.15, 0.2) is 0 Å². The molecule has 0 aliphatic rings. The van der Waals surface area contributed by atoms with Gasteiger partial charge in [0.2, 0.25) is 5.28 Å². The lowest BCUT2D eigenvalue weighted by atomic mass is 10.3. The lowest BCUT2D eigenvalue weighted by Crippen LogP contribution is -2.18. The van der Waals surface area contributed by atoms with Gasteiger partial charge in [0.1, 0.15) is 16.7 Å². The summed E-state index contributed by atoms with van der Waals surface area (Å²) >= 11 is 11.4. The SMILES string of the molecule is CC(C)n1cccc1C(=O)Nc1cc(Cl)nc(Cl)n1. The summed E-state index contributed by atoms with van der Waals surface area (Å²) in [6, 6.07) is 5.18. The van der Waals surface area contributed by atoms with Crippen LogP contribution >= 0.6 is 23.2 Å². The van der Waals surface area contributed by atoms with Gasteiger partial charge in [0.05, 0.1) is 0 Å². The highest BCUT2D eigenvalue weighted by molar-refractivity contribution is 6.32. The van der Waals surface area contributed by atoms with Crippen LogP contribution in [-0.4, -0.2) is 20.4 Å². The van der Waals surface area contributed by atoms with Crippen molar-refractivity contribution in [3.05, 3.63) is 40.5 Å². The zero-order valence-electron chi connectivity index (χ0n) is 10.4. The van der Waals surface area contributed by atoms with E-state index in [9.17, 15) is 4.79 Å². The smallest absolute Gasteiger partial charge is 0.273 e. The number of carbonyl (C=O) groups is 1. The summed E-state index contributed by atoms with van der Waals surface area (Å²) in [5.41, 5.74) is 0.542. The Hall–Kier alpha value is -1.59. The fourth-order valence-electron chi connectivity index (χ4n) is 1.67. The Morgan fingerprint density at radius 3 is 2.74 bits per heavy atom. The van der Waals surface area contributed by atoms with E-state index in [1.165, 1.54) is 6.07 Å². The molecular weight excluding hydrogens is 287 g/mol. The Kier molecular flexibility index (Phi) is 4.07. The second-order valence-corrected chi connectivity index (χ2v) is 4.92. The molecule has 0 saturated heterocycles. The third-order valence-electron chi connectivity index (χ3n) is 2.48. The molecule has 0 fully saturated rings. The van der Waals surface area contributed by atoms with Crippen LogP contribution in [0.2, 0.25) is 10.4 Å². The minimum atomic E-state index is -0.274. The molecule has 0 aliphatic heterocycles. The summed E-state index contributed by atoms with van der Waals surface area (Å²) in [5, 5.41) is 2.80. The monoisotopic (exact) mass is 298 g/mol. The Balaban J connectivity index is 2.23. The number of amides is 1. The van der Waals surface area contributed by atoms with Crippen molar-refractivity contribution in [2.75, 3.05) is 5.32 Å². The summed E-state index contributed by atoms with van der Waals surface area (Å²) in [4.78, 5) is 19.7. The van der Waals surface area contributed by atoms with Crippen molar-refractivity contribution in [2.24, 2.45) is 0 Å². The summed E-state index contributed by atoms with van der Waals surface area (Å²) in [5.74, 6) is -0.00367. The van der Waals surface area contributed by atoms with Crippen molar-refractivity contribution >= 4 is 34.9 Å². The second-order valence-electron chi connectivity index (χ2n) is 4.19. The van der Waals surface area contributed by atoms with E-state index in [0.717, 1.165) is 0 Å². The highest BCUT2D eigenvalue weighted by atomic mass is 35.5. The number of rotatable bonds is 3. The predicted molar refractivity (Wildman–Crippen MR) is 74.8 cm³/mol. The van der Waals surface area contributed by atoms with Crippen molar-refractivity contribution in [3.8, 4) is 0 Å². The van der Waals surface area contributed by atoms with Gasteiger partial charge in [0, 0.05) is 18.3 Å². The molecule has 0 atom stereocenters. The van der Waals surface area contributed by atoms with Gasteiger partial charge < -0.3 is 9.88 Å². The molecule has 7 heteroatoms. The van der Waals surface area contributed by atoms with E-state index in [4.69, 9.17) is 23.2 Å². The van der Waals surface area contributed by atoms with Gasteiger partial charge in [-0.05, 0) is 37.6 Å². The number of nitrogens with zero attached hydrogens (tertiary/aromatic N) is 3. The van der Waals surface area contributed by atoms with Crippen LogP contribution in [0, 0.1) is 0 Å². The highest BCUT2D eigenvalue weighted by Crippen LogP contribution is 2.16. The first kappa shape index (κ1) is 13.8. The molecule has 100 valence electrons. The van der Waals surface area contributed by atoms with Gasteiger partial charge in [-0.15, -0.1) is 0 Å². The molecule has 0 spiro atoms. The zero-order chi connectivity index (χ0) is 14.0. The fraction of sp³-hybridized carbons (Fsp3) is 0.250. The van der Waals surface area contributed by atoms with Gasteiger partial charge >= 0.3 is 0 Å². The normalized spacial score (nSPS) is 10.8. The van der Waals surface area contributed by atoms with Crippen LogP contribution in [0.1, 0.15) is 30.4 Å². The third kappa shape index (κ3) is 3.24. The van der Waals surface area contributed by atoms with Gasteiger partial charge in [-0.25, -0.2) is 9.97 Å². The van der Waals surface area contributed by atoms with Crippen LogP contribution < -0.4 is 5.32 Å². The van der Waals surface area contributed by atoms with Gasteiger partial charge in [-0.2, -0.15) is 0 Å². The number of halogens is 2. The Bertz CT molecular complexity index is 589. The predicted octanol–water partition coefficient (Wildman–Crippen LogP) is 3.42. The molecule has 0 radical (unpaired) electrons. The molecule has 1 amide bonds. The van der Waals surface area contributed by atoms with Gasteiger partial charge in [-0.1, -0.05) is 11.6 Å². The lowest BCUT2D eigenvalue weighted by molar-refractivity contribution is 0.101. The molecular formula is C12H12Cl2N4O. The van der Waals surface area contributed by atoms with Crippen LogP contribution in [0.15, 0.2) is 24.4 Å². The largest absolute Gasteiger partial charge is 0.341 e.